The fraction of sp³-hybridized carbons (Fsp3) is 0.312. The molecule has 1 atom stereocenters. The number of anilines is 1. The topological polar surface area (TPSA) is 58.1 Å². The van der Waals surface area contributed by atoms with Crippen LogP contribution >= 0.6 is 11.6 Å². The lowest BCUT2D eigenvalue weighted by atomic mass is 10.2. The Balaban J connectivity index is 1.65. The molecule has 1 saturated heterocycles. The summed E-state index contributed by atoms with van der Waals surface area (Å²) in [6.45, 7) is 0.916. The van der Waals surface area contributed by atoms with Gasteiger partial charge in [0.1, 0.15) is 11.5 Å². The van der Waals surface area contributed by atoms with Crippen LogP contribution in [0.1, 0.15) is 22.5 Å². The highest BCUT2D eigenvalue weighted by Crippen LogP contribution is 2.32. The molecule has 3 heterocycles. The van der Waals surface area contributed by atoms with E-state index < -0.39 is 11.7 Å². The van der Waals surface area contributed by atoms with Crippen LogP contribution in [0.25, 0.3) is 0 Å². The lowest BCUT2D eigenvalue weighted by molar-refractivity contribution is -0.137. The van der Waals surface area contributed by atoms with Gasteiger partial charge in [0.05, 0.1) is 10.6 Å². The van der Waals surface area contributed by atoms with E-state index in [1.165, 1.54) is 0 Å². The largest absolute Gasteiger partial charge is 0.417 e. The zero-order chi connectivity index (χ0) is 18.0. The van der Waals surface area contributed by atoms with Crippen LogP contribution in [0.2, 0.25) is 5.02 Å². The molecule has 0 bridgehead atoms. The van der Waals surface area contributed by atoms with Gasteiger partial charge < -0.3 is 10.2 Å². The molecule has 0 radical (unpaired) electrons. The van der Waals surface area contributed by atoms with Crippen molar-refractivity contribution in [2.24, 2.45) is 0 Å². The summed E-state index contributed by atoms with van der Waals surface area (Å²) in [5.74, 6) is -0.0109. The fourth-order valence-corrected chi connectivity index (χ4v) is 2.83. The number of likely N-dealkylation sites (tertiary alicyclic amines) is 1. The lowest BCUT2D eigenvalue weighted by Gasteiger charge is -2.18. The monoisotopic (exact) mass is 370 g/mol. The summed E-state index contributed by atoms with van der Waals surface area (Å²) in [4.78, 5) is 21.8. The Morgan fingerprint density at radius 2 is 2.12 bits per heavy atom. The van der Waals surface area contributed by atoms with E-state index in [0.29, 0.717) is 25.2 Å². The Bertz CT molecular complexity index is 770. The van der Waals surface area contributed by atoms with Gasteiger partial charge in [0.2, 0.25) is 0 Å². The molecule has 1 amide bonds. The van der Waals surface area contributed by atoms with E-state index in [1.807, 2.05) is 0 Å². The normalized spacial score (nSPS) is 17.6. The third-order valence-corrected chi connectivity index (χ3v) is 4.16. The fourth-order valence-electron chi connectivity index (χ4n) is 2.61. The first kappa shape index (κ1) is 17.5. The van der Waals surface area contributed by atoms with Crippen LogP contribution < -0.4 is 5.32 Å². The Hall–Kier alpha value is -2.35. The first-order chi connectivity index (χ1) is 11.8. The molecule has 2 aromatic rings. The van der Waals surface area contributed by atoms with Crippen LogP contribution in [-0.2, 0) is 6.18 Å². The second-order valence-corrected chi connectivity index (χ2v) is 6.06. The number of carbonyl (C=O) groups excluding carboxylic acids is 1. The van der Waals surface area contributed by atoms with E-state index in [0.717, 1.165) is 12.3 Å². The SMILES string of the molecule is O=C(c1ccccn1)N1CCC(Nc2ncc(C(F)(F)F)cc2Cl)C1. The molecule has 2 aromatic heterocycles. The van der Waals surface area contributed by atoms with Crippen LogP contribution in [0.15, 0.2) is 36.7 Å². The van der Waals surface area contributed by atoms with Crippen molar-refractivity contribution in [3.8, 4) is 0 Å². The third-order valence-electron chi connectivity index (χ3n) is 3.87. The number of amides is 1. The van der Waals surface area contributed by atoms with Gasteiger partial charge in [-0.05, 0) is 24.6 Å². The maximum absolute atomic E-state index is 12.6. The molecule has 1 fully saturated rings. The van der Waals surface area contributed by atoms with Gasteiger partial charge >= 0.3 is 6.18 Å². The van der Waals surface area contributed by atoms with Gasteiger partial charge in [-0.15, -0.1) is 0 Å². The van der Waals surface area contributed by atoms with E-state index >= 15 is 0 Å². The molecule has 0 aliphatic carbocycles. The number of halogens is 4. The molecule has 0 spiro atoms. The molecule has 1 N–H and O–H groups in total. The molecule has 0 saturated carbocycles. The van der Waals surface area contributed by atoms with Crippen LogP contribution in [-0.4, -0.2) is 39.9 Å². The molecule has 0 aromatic carbocycles. The van der Waals surface area contributed by atoms with Crippen LogP contribution in [0.5, 0.6) is 0 Å². The summed E-state index contributed by atoms with van der Waals surface area (Å²) in [5.41, 5.74) is -0.546. The second-order valence-electron chi connectivity index (χ2n) is 5.65. The van der Waals surface area contributed by atoms with E-state index in [-0.39, 0.29) is 22.8 Å². The van der Waals surface area contributed by atoms with Crippen molar-refractivity contribution in [1.29, 1.82) is 0 Å². The first-order valence-corrected chi connectivity index (χ1v) is 7.92. The quantitative estimate of drug-likeness (QED) is 0.898. The van der Waals surface area contributed by atoms with Gasteiger partial charge in [0.25, 0.3) is 5.91 Å². The van der Waals surface area contributed by atoms with Gasteiger partial charge in [-0.3, -0.25) is 9.78 Å². The Morgan fingerprint density at radius 1 is 1.32 bits per heavy atom. The van der Waals surface area contributed by atoms with Crippen molar-refractivity contribution in [2.45, 2.75) is 18.6 Å². The average molecular weight is 371 g/mol. The zero-order valence-corrected chi connectivity index (χ0v) is 13.7. The molecule has 3 rings (SSSR count). The third kappa shape index (κ3) is 4.01. The molecule has 5 nitrogen and oxygen atoms in total. The van der Waals surface area contributed by atoms with Crippen LogP contribution in [0, 0.1) is 0 Å². The Morgan fingerprint density at radius 3 is 2.76 bits per heavy atom. The highest BCUT2D eigenvalue weighted by Gasteiger charge is 2.32. The maximum Gasteiger partial charge on any atom is 0.417 e. The predicted molar refractivity (Wildman–Crippen MR) is 86.4 cm³/mol. The highest BCUT2D eigenvalue weighted by atomic mass is 35.5. The predicted octanol–water partition coefficient (Wildman–Crippen LogP) is 3.48. The number of nitrogens with one attached hydrogen (secondary N) is 1. The molecule has 1 aliphatic rings. The second kappa shape index (κ2) is 6.87. The lowest BCUT2D eigenvalue weighted by Crippen LogP contribution is -2.32. The van der Waals surface area contributed by atoms with Crippen LogP contribution in [0.4, 0.5) is 19.0 Å². The highest BCUT2D eigenvalue weighted by molar-refractivity contribution is 6.33. The van der Waals surface area contributed by atoms with Crippen LogP contribution in [0.3, 0.4) is 0 Å². The summed E-state index contributed by atoms with van der Waals surface area (Å²) >= 11 is 5.89. The molecule has 25 heavy (non-hydrogen) atoms. The standard InChI is InChI=1S/C16H14ClF3N4O/c17-12-7-10(16(18,19)20)8-22-14(12)23-11-4-6-24(9-11)15(25)13-3-1-2-5-21-13/h1-3,5,7-8,11H,4,6,9H2,(H,22,23). The van der Waals surface area contributed by atoms with E-state index in [4.69, 9.17) is 11.6 Å². The van der Waals surface area contributed by atoms with Gasteiger partial charge in [0.15, 0.2) is 0 Å². The number of carbonyl (C=O) groups is 1. The van der Waals surface area contributed by atoms with Gasteiger partial charge in [-0.25, -0.2) is 4.98 Å². The molecule has 9 heteroatoms. The molecule has 132 valence electrons. The summed E-state index contributed by atoms with van der Waals surface area (Å²) in [6.07, 6.45) is -1.57. The number of rotatable bonds is 3. The number of pyridine rings is 2. The number of hydrogen-bond donors (Lipinski definition) is 1. The Labute approximate surface area is 146 Å². The van der Waals surface area contributed by atoms with Crippen molar-refractivity contribution in [3.63, 3.8) is 0 Å². The van der Waals surface area contributed by atoms with E-state index in [2.05, 4.69) is 15.3 Å². The van der Waals surface area contributed by atoms with Gasteiger partial charge in [0, 0.05) is 31.5 Å². The van der Waals surface area contributed by atoms with E-state index in [1.54, 1.807) is 29.3 Å². The number of nitrogens with zero attached hydrogens (tertiary/aromatic N) is 3. The van der Waals surface area contributed by atoms with Crippen molar-refractivity contribution in [2.75, 3.05) is 18.4 Å². The van der Waals surface area contributed by atoms with Gasteiger partial charge in [-0.2, -0.15) is 13.2 Å². The van der Waals surface area contributed by atoms with Crippen molar-refractivity contribution in [1.82, 2.24) is 14.9 Å². The number of alkyl halides is 3. The van der Waals surface area contributed by atoms with Crippen molar-refractivity contribution >= 4 is 23.3 Å². The van der Waals surface area contributed by atoms with Crippen molar-refractivity contribution < 1.29 is 18.0 Å². The zero-order valence-electron chi connectivity index (χ0n) is 12.9. The molecule has 1 aliphatic heterocycles. The minimum absolute atomic E-state index is 0.107. The summed E-state index contributed by atoms with van der Waals surface area (Å²) < 4.78 is 37.9. The minimum Gasteiger partial charge on any atom is -0.364 e. The molecular weight excluding hydrogens is 357 g/mol. The first-order valence-electron chi connectivity index (χ1n) is 7.54. The smallest absolute Gasteiger partial charge is 0.364 e. The van der Waals surface area contributed by atoms with Gasteiger partial charge in [-0.1, -0.05) is 17.7 Å². The molecule has 1 unspecified atom stereocenters. The number of hydrogen-bond acceptors (Lipinski definition) is 4. The maximum atomic E-state index is 12.6. The Kier molecular flexibility index (Phi) is 4.80. The van der Waals surface area contributed by atoms with E-state index in [9.17, 15) is 18.0 Å². The minimum atomic E-state index is -4.49. The van der Waals surface area contributed by atoms with Crippen molar-refractivity contribution in [3.05, 3.63) is 52.9 Å². The summed E-state index contributed by atoms with van der Waals surface area (Å²) in [5, 5.41) is 2.89. The summed E-state index contributed by atoms with van der Waals surface area (Å²) in [6, 6.07) is 5.79. The average Bonchev–Trinajstić information content (AvgIpc) is 3.04. The number of aromatic nitrogens is 2. The summed E-state index contributed by atoms with van der Waals surface area (Å²) in [7, 11) is 0. The molecular formula is C16H14ClF3N4O.